The molecule has 0 bridgehead atoms. The largest absolute Gasteiger partial charge is 0.417 e. The van der Waals surface area contributed by atoms with Gasteiger partial charge in [-0.15, -0.1) is 0 Å². The second kappa shape index (κ2) is 3.80. The van der Waals surface area contributed by atoms with E-state index in [0.29, 0.717) is 16.8 Å². The summed E-state index contributed by atoms with van der Waals surface area (Å²) in [5.74, 6) is -0.474. The first kappa shape index (κ1) is 9.38. The molecule has 13 heavy (non-hydrogen) atoms. The summed E-state index contributed by atoms with van der Waals surface area (Å²) in [6.07, 6.45) is 0. The van der Waals surface area contributed by atoms with Gasteiger partial charge >= 0.3 is 5.76 Å². The molecule has 0 aliphatic rings. The highest BCUT2D eigenvalue weighted by atomic mass is 16.4. The fourth-order valence-electron chi connectivity index (χ4n) is 0.995. The van der Waals surface area contributed by atoms with Gasteiger partial charge in [0.05, 0.1) is 11.2 Å². The molecular weight excluding hydrogens is 168 g/mol. The summed E-state index contributed by atoms with van der Waals surface area (Å²) in [5.41, 5.74) is 7.05. The van der Waals surface area contributed by atoms with Crippen molar-refractivity contribution in [2.24, 2.45) is 0 Å². The van der Waals surface area contributed by atoms with Gasteiger partial charge in [0, 0.05) is 0 Å². The molecule has 1 aromatic carbocycles. The van der Waals surface area contributed by atoms with E-state index in [1.807, 2.05) is 13.8 Å². The maximum absolute atomic E-state index is 10.7. The van der Waals surface area contributed by atoms with Gasteiger partial charge < -0.3 is 10.2 Å². The molecule has 1 aromatic heterocycles. The van der Waals surface area contributed by atoms with E-state index in [9.17, 15) is 4.79 Å². The van der Waals surface area contributed by atoms with E-state index in [1.54, 1.807) is 18.2 Å². The minimum absolute atomic E-state index is 0.428. The SMILES string of the molecule is CC.Nc1cccc2[nH]c(=O)oc12. The van der Waals surface area contributed by atoms with Crippen molar-refractivity contribution in [3.05, 3.63) is 28.7 Å². The lowest BCUT2D eigenvalue weighted by Crippen LogP contribution is -1.92. The van der Waals surface area contributed by atoms with Crippen molar-refractivity contribution in [1.29, 1.82) is 0 Å². The van der Waals surface area contributed by atoms with Crippen LogP contribution in [-0.4, -0.2) is 4.98 Å². The van der Waals surface area contributed by atoms with Crippen LogP contribution in [0.1, 0.15) is 13.8 Å². The zero-order chi connectivity index (χ0) is 9.84. The molecular formula is C9H12N2O2. The van der Waals surface area contributed by atoms with Crippen molar-refractivity contribution in [2.45, 2.75) is 13.8 Å². The molecule has 0 unspecified atom stereocenters. The van der Waals surface area contributed by atoms with E-state index >= 15 is 0 Å². The fourth-order valence-corrected chi connectivity index (χ4v) is 0.995. The van der Waals surface area contributed by atoms with Crippen LogP contribution >= 0.6 is 0 Å². The summed E-state index contributed by atoms with van der Waals surface area (Å²) in [5, 5.41) is 0. The number of nitrogen functional groups attached to an aromatic ring is 1. The Morgan fingerprint density at radius 3 is 2.69 bits per heavy atom. The van der Waals surface area contributed by atoms with Gasteiger partial charge in [-0.05, 0) is 12.1 Å². The molecule has 0 amide bonds. The number of fused-ring (bicyclic) bond motifs is 1. The number of rotatable bonds is 0. The lowest BCUT2D eigenvalue weighted by atomic mass is 10.3. The minimum atomic E-state index is -0.474. The first-order chi connectivity index (χ1) is 6.27. The number of H-pyrrole nitrogens is 1. The molecule has 3 N–H and O–H groups in total. The van der Waals surface area contributed by atoms with Crippen molar-refractivity contribution >= 4 is 16.8 Å². The molecule has 4 heteroatoms. The molecule has 2 rings (SSSR count). The summed E-state index contributed by atoms with van der Waals surface area (Å²) in [7, 11) is 0. The highest BCUT2D eigenvalue weighted by molar-refractivity contribution is 5.84. The molecule has 1 heterocycles. The highest BCUT2D eigenvalue weighted by Gasteiger charge is 2.01. The third kappa shape index (κ3) is 1.72. The van der Waals surface area contributed by atoms with Gasteiger partial charge in [0.2, 0.25) is 0 Å². The zero-order valence-corrected chi connectivity index (χ0v) is 7.63. The predicted molar refractivity (Wildman–Crippen MR) is 52.6 cm³/mol. The van der Waals surface area contributed by atoms with Gasteiger partial charge in [-0.2, -0.15) is 0 Å². The van der Waals surface area contributed by atoms with Gasteiger partial charge in [0.25, 0.3) is 0 Å². The smallest absolute Gasteiger partial charge is 0.406 e. The Labute approximate surface area is 75.4 Å². The molecule has 4 nitrogen and oxygen atoms in total. The average molecular weight is 180 g/mol. The molecule has 0 aliphatic carbocycles. The quantitative estimate of drug-likeness (QED) is 0.606. The third-order valence-corrected chi connectivity index (χ3v) is 1.48. The van der Waals surface area contributed by atoms with Gasteiger partial charge in [-0.1, -0.05) is 19.9 Å². The van der Waals surface area contributed by atoms with Crippen molar-refractivity contribution in [3.63, 3.8) is 0 Å². The highest BCUT2D eigenvalue weighted by Crippen LogP contribution is 2.16. The number of nitrogens with one attached hydrogen (secondary N) is 1. The molecule has 0 radical (unpaired) electrons. The van der Waals surface area contributed by atoms with Crippen LogP contribution in [0.3, 0.4) is 0 Å². The Balaban J connectivity index is 0.000000396. The monoisotopic (exact) mass is 180 g/mol. The van der Waals surface area contributed by atoms with Crippen LogP contribution in [0.15, 0.2) is 27.4 Å². The van der Waals surface area contributed by atoms with Crippen molar-refractivity contribution in [3.8, 4) is 0 Å². The van der Waals surface area contributed by atoms with Crippen molar-refractivity contribution in [1.82, 2.24) is 4.98 Å². The first-order valence-corrected chi connectivity index (χ1v) is 4.15. The van der Waals surface area contributed by atoms with Crippen LogP contribution in [0, 0.1) is 0 Å². The molecule has 0 aliphatic heterocycles. The van der Waals surface area contributed by atoms with Gasteiger partial charge in [-0.25, -0.2) is 4.79 Å². The molecule has 2 aromatic rings. The molecule has 70 valence electrons. The molecule has 0 saturated heterocycles. The van der Waals surface area contributed by atoms with E-state index in [4.69, 9.17) is 10.2 Å². The van der Waals surface area contributed by atoms with Crippen molar-refractivity contribution < 1.29 is 4.42 Å². The van der Waals surface area contributed by atoms with Gasteiger partial charge in [0.15, 0.2) is 5.58 Å². The summed E-state index contributed by atoms with van der Waals surface area (Å²) in [6, 6.07) is 5.17. The maximum Gasteiger partial charge on any atom is 0.417 e. The number of para-hydroxylation sites is 1. The van der Waals surface area contributed by atoms with E-state index in [1.165, 1.54) is 0 Å². The lowest BCUT2D eigenvalue weighted by molar-refractivity contribution is 0.556. The standard InChI is InChI=1S/C7H6N2O2.C2H6/c8-4-2-1-3-5-6(4)11-7(10)9-5;1-2/h1-3H,8H2,(H,9,10);1-2H3. The lowest BCUT2D eigenvalue weighted by Gasteiger charge is -1.89. The number of aromatic amines is 1. The fraction of sp³-hybridized carbons (Fsp3) is 0.222. The van der Waals surface area contributed by atoms with E-state index in [2.05, 4.69) is 4.98 Å². The van der Waals surface area contributed by atoms with Gasteiger partial charge in [0.1, 0.15) is 0 Å². The van der Waals surface area contributed by atoms with Crippen LogP contribution in [0.4, 0.5) is 5.69 Å². The number of hydrogen-bond donors (Lipinski definition) is 2. The van der Waals surface area contributed by atoms with Crippen LogP contribution < -0.4 is 11.5 Å². The first-order valence-electron chi connectivity index (χ1n) is 4.15. The second-order valence-electron chi connectivity index (χ2n) is 2.24. The number of aromatic nitrogens is 1. The molecule has 0 atom stereocenters. The summed E-state index contributed by atoms with van der Waals surface area (Å²) < 4.78 is 4.76. The zero-order valence-electron chi connectivity index (χ0n) is 7.63. The average Bonchev–Trinajstić information content (AvgIpc) is 2.51. The topological polar surface area (TPSA) is 72.0 Å². The van der Waals surface area contributed by atoms with Crippen molar-refractivity contribution in [2.75, 3.05) is 5.73 Å². The van der Waals surface area contributed by atoms with Crippen LogP contribution in [0.25, 0.3) is 11.1 Å². The second-order valence-corrected chi connectivity index (χ2v) is 2.24. The Hall–Kier alpha value is -1.71. The van der Waals surface area contributed by atoms with E-state index in [0.717, 1.165) is 0 Å². The Morgan fingerprint density at radius 2 is 2.08 bits per heavy atom. The number of anilines is 1. The van der Waals surface area contributed by atoms with Crippen LogP contribution in [-0.2, 0) is 0 Å². The van der Waals surface area contributed by atoms with Crippen LogP contribution in [0.2, 0.25) is 0 Å². The summed E-state index contributed by atoms with van der Waals surface area (Å²) in [4.78, 5) is 13.2. The Bertz CT molecular complexity index is 442. The number of nitrogens with two attached hydrogens (primary N) is 1. The Kier molecular flexibility index (Phi) is 2.74. The minimum Gasteiger partial charge on any atom is -0.406 e. The normalized spacial score (nSPS) is 9.38. The number of hydrogen-bond acceptors (Lipinski definition) is 3. The van der Waals surface area contributed by atoms with E-state index < -0.39 is 5.76 Å². The number of oxazole rings is 1. The third-order valence-electron chi connectivity index (χ3n) is 1.48. The predicted octanol–water partition coefficient (Wildman–Crippen LogP) is 1.73. The maximum atomic E-state index is 10.7. The van der Waals surface area contributed by atoms with Crippen LogP contribution in [0.5, 0.6) is 0 Å². The van der Waals surface area contributed by atoms with E-state index in [-0.39, 0.29) is 0 Å². The molecule has 0 fully saturated rings. The molecule has 0 spiro atoms. The van der Waals surface area contributed by atoms with Gasteiger partial charge in [-0.3, -0.25) is 4.98 Å². The molecule has 0 saturated carbocycles. The summed E-state index contributed by atoms with van der Waals surface area (Å²) in [6.45, 7) is 4.00. The summed E-state index contributed by atoms with van der Waals surface area (Å²) >= 11 is 0. The number of benzene rings is 1. The Morgan fingerprint density at radius 1 is 1.38 bits per heavy atom.